The van der Waals surface area contributed by atoms with Gasteiger partial charge in [0.15, 0.2) is 0 Å². The van der Waals surface area contributed by atoms with Crippen LogP contribution in [0.25, 0.3) is 0 Å². The molecule has 0 radical (unpaired) electrons. The molecule has 2 aromatic rings. The van der Waals surface area contributed by atoms with E-state index in [4.69, 9.17) is 9.47 Å². The number of hydrogen-bond donors (Lipinski definition) is 0. The third-order valence-corrected chi connectivity index (χ3v) is 3.84. The van der Waals surface area contributed by atoms with Crippen LogP contribution in [0.5, 0.6) is 11.5 Å². The van der Waals surface area contributed by atoms with Gasteiger partial charge in [0.1, 0.15) is 18.1 Å². The number of unbranched alkanes of at least 4 members (excludes halogenated alkanes) is 5. The maximum atomic E-state index is 5.77. The normalized spacial score (nSPS) is 10.5. The van der Waals surface area contributed by atoms with Gasteiger partial charge in [-0.05, 0) is 36.2 Å². The van der Waals surface area contributed by atoms with E-state index in [1.807, 2.05) is 42.5 Å². The number of benzene rings is 2. The fourth-order valence-corrected chi connectivity index (χ4v) is 2.45. The fraction of sp³-hybridized carbons (Fsp3) is 0.429. The third kappa shape index (κ3) is 7.23. The van der Waals surface area contributed by atoms with Gasteiger partial charge in [-0.1, -0.05) is 69.4 Å². The SMILES string of the molecule is CCCCCCCCOc1ccc(OCc2ccccc2)cc1. The minimum absolute atomic E-state index is 0.596. The Balaban J connectivity index is 1.62. The molecule has 0 heterocycles. The van der Waals surface area contributed by atoms with Crippen LogP contribution in [-0.2, 0) is 6.61 Å². The van der Waals surface area contributed by atoms with Gasteiger partial charge in [0.25, 0.3) is 0 Å². The van der Waals surface area contributed by atoms with Crippen molar-refractivity contribution >= 4 is 0 Å². The highest BCUT2D eigenvalue weighted by molar-refractivity contribution is 5.31. The van der Waals surface area contributed by atoms with E-state index in [2.05, 4.69) is 19.1 Å². The lowest BCUT2D eigenvalue weighted by molar-refractivity contribution is 0.296. The summed E-state index contributed by atoms with van der Waals surface area (Å²) in [6, 6.07) is 18.1. The Morgan fingerprint density at radius 1 is 0.652 bits per heavy atom. The molecule has 0 bridgehead atoms. The molecule has 0 aliphatic rings. The Morgan fingerprint density at radius 2 is 1.26 bits per heavy atom. The first-order chi connectivity index (χ1) is 11.4. The van der Waals surface area contributed by atoms with Crippen LogP contribution in [0.15, 0.2) is 54.6 Å². The van der Waals surface area contributed by atoms with Crippen LogP contribution in [0.2, 0.25) is 0 Å². The molecule has 0 amide bonds. The molecule has 0 fully saturated rings. The summed E-state index contributed by atoms with van der Waals surface area (Å²) in [7, 11) is 0. The highest BCUT2D eigenvalue weighted by Crippen LogP contribution is 2.19. The van der Waals surface area contributed by atoms with Gasteiger partial charge in [0, 0.05) is 0 Å². The van der Waals surface area contributed by atoms with Crippen molar-refractivity contribution in [2.45, 2.75) is 52.1 Å². The standard InChI is InChI=1S/C21H28O2/c1-2-3-4-5-6-10-17-22-20-13-15-21(16-14-20)23-18-19-11-8-7-9-12-19/h7-9,11-16H,2-6,10,17-18H2,1H3. The first-order valence-corrected chi connectivity index (χ1v) is 8.78. The van der Waals surface area contributed by atoms with Crippen molar-refractivity contribution in [1.82, 2.24) is 0 Å². The fourth-order valence-electron chi connectivity index (χ4n) is 2.45. The van der Waals surface area contributed by atoms with Gasteiger partial charge in [-0.2, -0.15) is 0 Å². The monoisotopic (exact) mass is 312 g/mol. The summed E-state index contributed by atoms with van der Waals surface area (Å²) in [5.41, 5.74) is 1.18. The van der Waals surface area contributed by atoms with Gasteiger partial charge in [-0.3, -0.25) is 0 Å². The zero-order chi connectivity index (χ0) is 16.2. The molecule has 0 unspecified atom stereocenters. The lowest BCUT2D eigenvalue weighted by Crippen LogP contribution is -1.98. The van der Waals surface area contributed by atoms with E-state index >= 15 is 0 Å². The van der Waals surface area contributed by atoms with Gasteiger partial charge in [0.2, 0.25) is 0 Å². The average Bonchev–Trinajstić information content (AvgIpc) is 2.61. The largest absolute Gasteiger partial charge is 0.494 e. The number of hydrogen-bond acceptors (Lipinski definition) is 2. The van der Waals surface area contributed by atoms with Crippen molar-refractivity contribution in [3.63, 3.8) is 0 Å². The average molecular weight is 312 g/mol. The third-order valence-electron chi connectivity index (χ3n) is 3.84. The van der Waals surface area contributed by atoms with Gasteiger partial charge in [-0.15, -0.1) is 0 Å². The van der Waals surface area contributed by atoms with Crippen LogP contribution >= 0.6 is 0 Å². The van der Waals surface area contributed by atoms with Gasteiger partial charge >= 0.3 is 0 Å². The van der Waals surface area contributed by atoms with E-state index in [-0.39, 0.29) is 0 Å². The predicted octanol–water partition coefficient (Wildman–Crippen LogP) is 6.00. The molecule has 0 aliphatic heterocycles. The van der Waals surface area contributed by atoms with E-state index in [0.717, 1.165) is 24.5 Å². The van der Waals surface area contributed by atoms with Crippen LogP contribution in [0.1, 0.15) is 51.0 Å². The topological polar surface area (TPSA) is 18.5 Å². The number of rotatable bonds is 11. The van der Waals surface area contributed by atoms with Crippen molar-refractivity contribution < 1.29 is 9.47 Å². The summed E-state index contributed by atoms with van der Waals surface area (Å²) in [6.45, 7) is 3.64. The molecule has 0 saturated heterocycles. The van der Waals surface area contributed by atoms with Crippen molar-refractivity contribution in [3.05, 3.63) is 60.2 Å². The smallest absolute Gasteiger partial charge is 0.120 e. The molecule has 0 saturated carbocycles. The molecule has 0 spiro atoms. The number of ether oxygens (including phenoxy) is 2. The molecular weight excluding hydrogens is 284 g/mol. The molecular formula is C21H28O2. The van der Waals surface area contributed by atoms with E-state index in [1.165, 1.54) is 37.7 Å². The highest BCUT2D eigenvalue weighted by Gasteiger charge is 1.98. The van der Waals surface area contributed by atoms with Crippen LogP contribution in [0.4, 0.5) is 0 Å². The molecule has 124 valence electrons. The molecule has 2 nitrogen and oxygen atoms in total. The Morgan fingerprint density at radius 3 is 1.96 bits per heavy atom. The maximum Gasteiger partial charge on any atom is 0.120 e. The zero-order valence-corrected chi connectivity index (χ0v) is 14.2. The minimum atomic E-state index is 0.596. The Kier molecular flexibility index (Phi) is 8.10. The first kappa shape index (κ1) is 17.4. The van der Waals surface area contributed by atoms with Crippen molar-refractivity contribution in [1.29, 1.82) is 0 Å². The second-order valence-corrected chi connectivity index (χ2v) is 5.86. The van der Waals surface area contributed by atoms with Crippen molar-refractivity contribution in [3.8, 4) is 11.5 Å². The van der Waals surface area contributed by atoms with Crippen molar-refractivity contribution in [2.24, 2.45) is 0 Å². The molecule has 0 aromatic heterocycles. The van der Waals surface area contributed by atoms with Crippen molar-refractivity contribution in [2.75, 3.05) is 6.61 Å². The molecule has 0 aliphatic carbocycles. The summed E-state index contributed by atoms with van der Waals surface area (Å²) in [4.78, 5) is 0. The van der Waals surface area contributed by atoms with Crippen LogP contribution in [0.3, 0.4) is 0 Å². The first-order valence-electron chi connectivity index (χ1n) is 8.78. The Bertz CT molecular complexity index is 519. The summed E-state index contributed by atoms with van der Waals surface area (Å²) in [5.74, 6) is 1.80. The lowest BCUT2D eigenvalue weighted by atomic mass is 10.1. The molecule has 0 N–H and O–H groups in total. The van der Waals surface area contributed by atoms with E-state index in [0.29, 0.717) is 6.61 Å². The lowest BCUT2D eigenvalue weighted by Gasteiger charge is -2.09. The molecule has 2 rings (SSSR count). The van der Waals surface area contributed by atoms with Gasteiger partial charge < -0.3 is 9.47 Å². The van der Waals surface area contributed by atoms with E-state index < -0.39 is 0 Å². The predicted molar refractivity (Wildman–Crippen MR) is 96.1 cm³/mol. The van der Waals surface area contributed by atoms with E-state index in [1.54, 1.807) is 0 Å². The van der Waals surface area contributed by atoms with E-state index in [9.17, 15) is 0 Å². The van der Waals surface area contributed by atoms with Crippen LogP contribution < -0.4 is 9.47 Å². The molecule has 2 aromatic carbocycles. The quantitative estimate of drug-likeness (QED) is 0.473. The maximum absolute atomic E-state index is 5.77. The van der Waals surface area contributed by atoms with Gasteiger partial charge in [0.05, 0.1) is 6.61 Å². The summed E-state index contributed by atoms with van der Waals surface area (Å²) < 4.78 is 11.5. The van der Waals surface area contributed by atoms with Gasteiger partial charge in [-0.25, -0.2) is 0 Å². The summed E-state index contributed by atoms with van der Waals surface area (Å²) >= 11 is 0. The molecule has 2 heteroatoms. The molecule has 0 atom stereocenters. The summed E-state index contributed by atoms with van der Waals surface area (Å²) in [6.07, 6.45) is 7.72. The summed E-state index contributed by atoms with van der Waals surface area (Å²) in [5, 5.41) is 0. The van der Waals surface area contributed by atoms with Crippen LogP contribution in [-0.4, -0.2) is 6.61 Å². The second kappa shape index (κ2) is 10.7. The Hall–Kier alpha value is -1.96. The molecule has 23 heavy (non-hydrogen) atoms. The second-order valence-electron chi connectivity index (χ2n) is 5.86. The van der Waals surface area contributed by atoms with Crippen LogP contribution in [0, 0.1) is 0 Å². The Labute approximate surface area is 140 Å². The zero-order valence-electron chi connectivity index (χ0n) is 14.2. The minimum Gasteiger partial charge on any atom is -0.494 e. The highest BCUT2D eigenvalue weighted by atomic mass is 16.5.